The Kier molecular flexibility index (Phi) is 5.24. The Labute approximate surface area is 184 Å². The summed E-state index contributed by atoms with van der Waals surface area (Å²) in [6, 6.07) is 13.8. The van der Waals surface area contributed by atoms with E-state index in [9.17, 15) is 4.79 Å². The maximum atomic E-state index is 13.2. The summed E-state index contributed by atoms with van der Waals surface area (Å²) in [5.41, 5.74) is 2.63. The molecule has 3 heterocycles. The highest BCUT2D eigenvalue weighted by atomic mass is 16.5. The first-order chi connectivity index (χ1) is 15.6. The Hall–Kier alpha value is -3.85. The fourth-order valence-corrected chi connectivity index (χ4v) is 3.95. The third-order valence-corrected chi connectivity index (χ3v) is 5.55. The number of hydrogen-bond donors (Lipinski definition) is 0. The van der Waals surface area contributed by atoms with E-state index in [0.717, 1.165) is 21.9 Å². The van der Waals surface area contributed by atoms with Gasteiger partial charge in [-0.25, -0.2) is 0 Å². The predicted octanol–water partition coefficient (Wildman–Crippen LogP) is 2.65. The van der Waals surface area contributed by atoms with Gasteiger partial charge in [0.05, 0.1) is 33.5 Å². The molecule has 0 saturated carbocycles. The number of fused-ring (bicyclic) bond motifs is 1. The van der Waals surface area contributed by atoms with Crippen molar-refractivity contribution in [1.29, 1.82) is 0 Å². The van der Waals surface area contributed by atoms with E-state index in [2.05, 4.69) is 20.4 Å². The van der Waals surface area contributed by atoms with Gasteiger partial charge in [-0.1, -0.05) is 24.3 Å². The smallest absolute Gasteiger partial charge is 0.254 e. The van der Waals surface area contributed by atoms with Crippen molar-refractivity contribution < 1.29 is 14.3 Å². The highest BCUT2D eigenvalue weighted by molar-refractivity contribution is 6.02. The zero-order valence-electron chi connectivity index (χ0n) is 17.8. The lowest BCUT2D eigenvalue weighted by atomic mass is 9.97. The van der Waals surface area contributed by atoms with Crippen LogP contribution in [0.15, 0.2) is 54.9 Å². The molecule has 1 unspecified atom stereocenters. The lowest BCUT2D eigenvalue weighted by molar-refractivity contribution is -0.0269. The average molecular weight is 430 g/mol. The van der Waals surface area contributed by atoms with E-state index in [4.69, 9.17) is 9.47 Å². The molecule has 162 valence electrons. The summed E-state index contributed by atoms with van der Waals surface area (Å²) >= 11 is 0. The molecule has 1 aliphatic heterocycles. The molecule has 0 spiro atoms. The first-order valence-electron chi connectivity index (χ1n) is 10.3. The van der Waals surface area contributed by atoms with Crippen LogP contribution in [-0.2, 0) is 11.8 Å². The molecule has 2 aromatic heterocycles. The second-order valence-electron chi connectivity index (χ2n) is 7.60. The predicted molar refractivity (Wildman–Crippen MR) is 117 cm³/mol. The lowest BCUT2D eigenvalue weighted by Crippen LogP contribution is -2.42. The first kappa shape index (κ1) is 20.1. The molecule has 1 amide bonds. The number of pyridine rings is 1. The summed E-state index contributed by atoms with van der Waals surface area (Å²) in [7, 11) is 3.32. The molecule has 0 bridgehead atoms. The van der Waals surface area contributed by atoms with Crippen molar-refractivity contribution in [3.8, 4) is 16.9 Å². The zero-order chi connectivity index (χ0) is 22.1. The molecule has 5 rings (SSSR count). The van der Waals surface area contributed by atoms with Crippen LogP contribution in [0.3, 0.4) is 0 Å². The number of aryl methyl sites for hydroxylation is 1. The van der Waals surface area contributed by atoms with E-state index in [-0.39, 0.29) is 12.0 Å². The normalized spacial score (nSPS) is 16.3. The number of ether oxygens (including phenoxy) is 2. The Balaban J connectivity index is 1.43. The van der Waals surface area contributed by atoms with Gasteiger partial charge in [-0.3, -0.25) is 9.78 Å². The largest absolute Gasteiger partial charge is 0.495 e. The minimum atomic E-state index is -0.381. The fourth-order valence-electron chi connectivity index (χ4n) is 3.95. The van der Waals surface area contributed by atoms with Crippen LogP contribution in [0.2, 0.25) is 0 Å². The van der Waals surface area contributed by atoms with Crippen molar-refractivity contribution in [2.45, 2.75) is 6.10 Å². The van der Waals surface area contributed by atoms with Gasteiger partial charge in [-0.05, 0) is 39.7 Å². The van der Waals surface area contributed by atoms with E-state index >= 15 is 0 Å². The molecule has 1 fully saturated rings. The number of rotatable bonds is 4. The third kappa shape index (κ3) is 3.78. The van der Waals surface area contributed by atoms with Crippen molar-refractivity contribution in [1.82, 2.24) is 30.1 Å². The Bertz CT molecular complexity index is 1290. The van der Waals surface area contributed by atoms with Crippen LogP contribution in [0.5, 0.6) is 5.75 Å². The standard InChI is InChI=1S/C23H22N6O3/c1-28-26-22(25-27-28)21-14-29(8-9-32-21)23(30)16-6-7-20-15(10-16)4-3-5-19(20)17-11-18(31-2)13-24-12-17/h3-7,10-13,21H,8-9,14H2,1-2H3. The van der Waals surface area contributed by atoms with Gasteiger partial charge in [-0.15, -0.1) is 10.2 Å². The Morgan fingerprint density at radius 3 is 2.91 bits per heavy atom. The average Bonchev–Trinajstić information content (AvgIpc) is 3.29. The minimum Gasteiger partial charge on any atom is -0.495 e. The van der Waals surface area contributed by atoms with Crippen LogP contribution in [0.1, 0.15) is 22.3 Å². The summed E-state index contributed by atoms with van der Waals surface area (Å²) in [4.78, 5) is 20.7. The molecule has 0 aliphatic carbocycles. The van der Waals surface area contributed by atoms with Crippen molar-refractivity contribution in [2.24, 2.45) is 7.05 Å². The van der Waals surface area contributed by atoms with E-state index in [1.165, 1.54) is 4.80 Å². The molecule has 0 radical (unpaired) electrons. The summed E-state index contributed by atoms with van der Waals surface area (Å²) in [6.45, 7) is 1.33. The van der Waals surface area contributed by atoms with Crippen LogP contribution in [-0.4, -0.2) is 62.8 Å². The quantitative estimate of drug-likeness (QED) is 0.491. The van der Waals surface area contributed by atoms with Crippen molar-refractivity contribution in [3.05, 3.63) is 66.2 Å². The van der Waals surface area contributed by atoms with Crippen LogP contribution >= 0.6 is 0 Å². The summed E-state index contributed by atoms with van der Waals surface area (Å²) in [5, 5.41) is 14.1. The molecule has 1 saturated heterocycles. The van der Waals surface area contributed by atoms with Crippen LogP contribution in [0.25, 0.3) is 21.9 Å². The highest BCUT2D eigenvalue weighted by Crippen LogP contribution is 2.31. The van der Waals surface area contributed by atoms with Gasteiger partial charge in [0.1, 0.15) is 11.9 Å². The Morgan fingerprint density at radius 2 is 2.09 bits per heavy atom. The molecular weight excluding hydrogens is 408 g/mol. The minimum absolute atomic E-state index is 0.0439. The number of methoxy groups -OCH3 is 1. The molecule has 1 aliphatic rings. The molecule has 1 atom stereocenters. The number of morpholine rings is 1. The van der Waals surface area contributed by atoms with Gasteiger partial charge in [0, 0.05) is 23.9 Å². The van der Waals surface area contributed by atoms with Gasteiger partial charge in [0.2, 0.25) is 5.82 Å². The van der Waals surface area contributed by atoms with Crippen molar-refractivity contribution in [3.63, 3.8) is 0 Å². The highest BCUT2D eigenvalue weighted by Gasteiger charge is 2.29. The van der Waals surface area contributed by atoms with Gasteiger partial charge in [0.15, 0.2) is 0 Å². The van der Waals surface area contributed by atoms with E-state index in [0.29, 0.717) is 36.8 Å². The SMILES string of the molecule is COc1cncc(-c2cccc3cc(C(=O)N4CCOC(c5nnn(C)n5)C4)ccc23)c1. The number of carbonyl (C=O) groups is 1. The van der Waals surface area contributed by atoms with Crippen LogP contribution in [0, 0.1) is 0 Å². The Morgan fingerprint density at radius 1 is 1.19 bits per heavy atom. The van der Waals surface area contributed by atoms with Gasteiger partial charge in [-0.2, -0.15) is 4.80 Å². The number of nitrogens with zero attached hydrogens (tertiary/aromatic N) is 6. The van der Waals surface area contributed by atoms with Crippen LogP contribution in [0.4, 0.5) is 0 Å². The number of aromatic nitrogens is 5. The topological polar surface area (TPSA) is 95.3 Å². The number of benzene rings is 2. The van der Waals surface area contributed by atoms with Gasteiger partial charge < -0.3 is 14.4 Å². The second kappa shape index (κ2) is 8.35. The zero-order valence-corrected chi connectivity index (χ0v) is 17.8. The lowest BCUT2D eigenvalue weighted by Gasteiger charge is -2.31. The third-order valence-electron chi connectivity index (χ3n) is 5.55. The van der Waals surface area contributed by atoms with Crippen molar-refractivity contribution in [2.75, 3.05) is 26.8 Å². The molecule has 0 N–H and O–H groups in total. The summed E-state index contributed by atoms with van der Waals surface area (Å²) in [5.74, 6) is 1.14. The maximum Gasteiger partial charge on any atom is 0.254 e. The van der Waals surface area contributed by atoms with Crippen molar-refractivity contribution >= 4 is 16.7 Å². The molecule has 9 nitrogen and oxygen atoms in total. The van der Waals surface area contributed by atoms with E-state index in [1.54, 1.807) is 25.3 Å². The summed E-state index contributed by atoms with van der Waals surface area (Å²) < 4.78 is 11.1. The molecular formula is C23H22N6O3. The van der Waals surface area contributed by atoms with E-state index in [1.807, 2.05) is 48.7 Å². The molecule has 4 aromatic rings. The fraction of sp³-hybridized carbons (Fsp3) is 0.261. The number of hydrogen-bond acceptors (Lipinski definition) is 7. The second-order valence-corrected chi connectivity index (χ2v) is 7.60. The number of tetrazole rings is 1. The number of amides is 1. The van der Waals surface area contributed by atoms with Crippen LogP contribution < -0.4 is 4.74 Å². The van der Waals surface area contributed by atoms with Gasteiger partial charge >= 0.3 is 0 Å². The maximum absolute atomic E-state index is 13.2. The number of carbonyl (C=O) groups excluding carboxylic acids is 1. The molecule has 32 heavy (non-hydrogen) atoms. The van der Waals surface area contributed by atoms with Gasteiger partial charge in [0.25, 0.3) is 5.91 Å². The van der Waals surface area contributed by atoms with E-state index < -0.39 is 0 Å². The molecule has 9 heteroatoms. The summed E-state index contributed by atoms with van der Waals surface area (Å²) in [6.07, 6.45) is 3.11. The first-order valence-corrected chi connectivity index (χ1v) is 10.3. The monoisotopic (exact) mass is 430 g/mol. The molecule has 2 aromatic carbocycles.